The van der Waals surface area contributed by atoms with Crippen LogP contribution in [0, 0.1) is 0 Å². The number of alkyl halides is 3. The van der Waals surface area contributed by atoms with Crippen LogP contribution in [0.15, 0.2) is 83.3 Å². The molecule has 9 heteroatoms. The van der Waals surface area contributed by atoms with Crippen LogP contribution in [0.5, 0.6) is 11.5 Å². The Labute approximate surface area is 198 Å². The molecule has 0 bridgehead atoms. The van der Waals surface area contributed by atoms with Crippen LogP contribution in [0.2, 0.25) is 0 Å². The molecule has 174 valence electrons. The molecule has 4 rings (SSSR count). The van der Waals surface area contributed by atoms with Crippen LogP contribution in [0.1, 0.15) is 16.7 Å². The molecule has 0 fully saturated rings. The molecule has 0 atom stereocenters. The second-order valence-electron chi connectivity index (χ2n) is 7.16. The quantitative estimate of drug-likeness (QED) is 0.220. The Morgan fingerprint density at radius 2 is 1.85 bits per heavy atom. The molecule has 0 saturated heterocycles. The van der Waals surface area contributed by atoms with E-state index in [2.05, 4.69) is 15.5 Å². The number of benzene rings is 3. The van der Waals surface area contributed by atoms with E-state index in [-0.39, 0.29) is 12.4 Å². The third-order valence-electron chi connectivity index (χ3n) is 4.81. The second-order valence-corrected chi connectivity index (χ2v) is 8.02. The molecular weight excluding hydrogens is 463 g/mol. The second kappa shape index (κ2) is 10.4. The van der Waals surface area contributed by atoms with Gasteiger partial charge in [-0.05, 0) is 42.0 Å². The smallest absolute Gasteiger partial charge is 0.416 e. The minimum absolute atomic E-state index is 0.0342. The average molecular weight is 484 g/mol. The van der Waals surface area contributed by atoms with Gasteiger partial charge in [-0.15, -0.1) is 11.3 Å². The topological polar surface area (TPSA) is 55.7 Å². The number of aromatic nitrogens is 1. The molecule has 0 amide bonds. The van der Waals surface area contributed by atoms with E-state index in [1.165, 1.54) is 30.6 Å². The first-order valence-electron chi connectivity index (χ1n) is 10.2. The molecule has 3 aromatic carbocycles. The summed E-state index contributed by atoms with van der Waals surface area (Å²) in [4.78, 5) is 4.52. The Kier molecular flexibility index (Phi) is 7.12. The molecule has 0 spiro atoms. The predicted molar refractivity (Wildman–Crippen MR) is 128 cm³/mol. The van der Waals surface area contributed by atoms with Gasteiger partial charge in [-0.1, -0.05) is 36.4 Å². The Morgan fingerprint density at radius 3 is 2.62 bits per heavy atom. The Morgan fingerprint density at radius 1 is 1.03 bits per heavy atom. The summed E-state index contributed by atoms with van der Waals surface area (Å²) in [6.45, 7) is 0.0342. The summed E-state index contributed by atoms with van der Waals surface area (Å²) in [5.74, 6) is 0.681. The fraction of sp³-hybridized carbons (Fsp3) is 0.120. The minimum Gasteiger partial charge on any atom is -0.496 e. The highest BCUT2D eigenvalue weighted by Gasteiger charge is 2.30. The fourth-order valence-corrected chi connectivity index (χ4v) is 3.81. The highest BCUT2D eigenvalue weighted by atomic mass is 32.1. The van der Waals surface area contributed by atoms with E-state index in [1.54, 1.807) is 18.3 Å². The van der Waals surface area contributed by atoms with Gasteiger partial charge in [-0.2, -0.15) is 18.3 Å². The monoisotopic (exact) mass is 483 g/mol. The van der Waals surface area contributed by atoms with Crippen molar-refractivity contribution in [2.24, 2.45) is 5.10 Å². The fourth-order valence-electron chi connectivity index (χ4n) is 3.14. The first kappa shape index (κ1) is 23.3. The number of ether oxygens (including phenoxy) is 2. The average Bonchev–Trinajstić information content (AvgIpc) is 3.32. The zero-order valence-corrected chi connectivity index (χ0v) is 18.9. The van der Waals surface area contributed by atoms with Crippen LogP contribution in [-0.4, -0.2) is 18.3 Å². The molecule has 4 aromatic rings. The van der Waals surface area contributed by atoms with Gasteiger partial charge in [0.05, 0.1) is 24.6 Å². The van der Waals surface area contributed by atoms with Crippen LogP contribution < -0.4 is 14.9 Å². The molecule has 34 heavy (non-hydrogen) atoms. The van der Waals surface area contributed by atoms with Crippen molar-refractivity contribution < 1.29 is 22.6 Å². The Hall–Kier alpha value is -3.85. The molecule has 5 nitrogen and oxygen atoms in total. The number of rotatable bonds is 8. The Balaban J connectivity index is 1.42. The number of hydrogen-bond donors (Lipinski definition) is 1. The van der Waals surface area contributed by atoms with E-state index >= 15 is 0 Å². The zero-order chi connectivity index (χ0) is 24.0. The number of nitrogens with one attached hydrogen (secondary N) is 1. The molecular formula is C25H20F3N3O2S. The summed E-state index contributed by atoms with van der Waals surface area (Å²) >= 11 is 1.44. The van der Waals surface area contributed by atoms with Gasteiger partial charge in [0, 0.05) is 16.5 Å². The molecule has 1 N–H and O–H groups in total. The summed E-state index contributed by atoms with van der Waals surface area (Å²) in [5, 5.41) is 6.84. The number of thiazole rings is 1. The van der Waals surface area contributed by atoms with Crippen molar-refractivity contribution in [1.29, 1.82) is 0 Å². The molecule has 0 unspecified atom stereocenters. The van der Waals surface area contributed by atoms with Crippen LogP contribution in [0.3, 0.4) is 0 Å². The van der Waals surface area contributed by atoms with Gasteiger partial charge in [0.25, 0.3) is 0 Å². The van der Waals surface area contributed by atoms with Gasteiger partial charge in [0.1, 0.15) is 18.1 Å². The number of anilines is 1. The molecule has 1 aromatic heterocycles. The van der Waals surface area contributed by atoms with E-state index in [4.69, 9.17) is 9.47 Å². The molecule has 0 aliphatic carbocycles. The normalized spacial score (nSPS) is 11.5. The summed E-state index contributed by atoms with van der Waals surface area (Å²) in [7, 11) is 1.52. The van der Waals surface area contributed by atoms with Crippen molar-refractivity contribution in [3.63, 3.8) is 0 Å². The SMILES string of the molecule is COc1ccc(C=NNc2nc(-c3ccccc3)cs2)cc1COc1cccc(C(F)(F)F)c1. The van der Waals surface area contributed by atoms with Gasteiger partial charge in [0.2, 0.25) is 5.13 Å². The van der Waals surface area contributed by atoms with Crippen molar-refractivity contribution in [3.8, 4) is 22.8 Å². The number of methoxy groups -OCH3 is 1. The largest absolute Gasteiger partial charge is 0.496 e. The van der Waals surface area contributed by atoms with Gasteiger partial charge in [0.15, 0.2) is 0 Å². The van der Waals surface area contributed by atoms with Crippen LogP contribution >= 0.6 is 11.3 Å². The summed E-state index contributed by atoms with van der Waals surface area (Å²) in [5.41, 5.74) is 5.47. The van der Waals surface area contributed by atoms with Crippen molar-refractivity contribution in [3.05, 3.63) is 94.9 Å². The number of hydrazone groups is 1. The lowest BCUT2D eigenvalue weighted by atomic mass is 10.1. The highest BCUT2D eigenvalue weighted by molar-refractivity contribution is 7.14. The molecule has 0 aliphatic heterocycles. The number of hydrogen-bond acceptors (Lipinski definition) is 6. The summed E-state index contributed by atoms with van der Waals surface area (Å²) in [6.07, 6.45) is -2.81. The lowest BCUT2D eigenvalue weighted by molar-refractivity contribution is -0.137. The molecule has 0 saturated carbocycles. The standard InChI is InChI=1S/C25H20F3N3O2S/c1-32-23-11-10-17(12-19(23)15-33-21-9-5-8-20(13-21)25(26,27)28)14-29-31-24-30-22(16-34-24)18-6-3-2-4-7-18/h2-14,16H,15H2,1H3,(H,30,31). The third kappa shape index (κ3) is 5.93. The lowest BCUT2D eigenvalue weighted by Crippen LogP contribution is -2.05. The van der Waals surface area contributed by atoms with E-state index in [1.807, 2.05) is 41.8 Å². The van der Waals surface area contributed by atoms with Gasteiger partial charge in [-0.3, -0.25) is 5.43 Å². The molecule has 1 heterocycles. The van der Waals surface area contributed by atoms with Crippen LogP contribution in [0.25, 0.3) is 11.3 Å². The maximum Gasteiger partial charge on any atom is 0.416 e. The van der Waals surface area contributed by atoms with Crippen molar-refractivity contribution in [2.45, 2.75) is 12.8 Å². The molecule has 0 radical (unpaired) electrons. The lowest BCUT2D eigenvalue weighted by Gasteiger charge is -2.13. The maximum absolute atomic E-state index is 12.9. The predicted octanol–water partition coefficient (Wildman–Crippen LogP) is 6.86. The summed E-state index contributed by atoms with van der Waals surface area (Å²) < 4.78 is 49.7. The third-order valence-corrected chi connectivity index (χ3v) is 5.55. The zero-order valence-electron chi connectivity index (χ0n) is 18.0. The van der Waals surface area contributed by atoms with E-state index in [0.717, 1.165) is 29.0 Å². The summed E-state index contributed by atoms with van der Waals surface area (Å²) in [6, 6.07) is 20.0. The van der Waals surface area contributed by atoms with Crippen molar-refractivity contribution >= 4 is 22.7 Å². The number of nitrogens with zero attached hydrogens (tertiary/aromatic N) is 2. The first-order chi connectivity index (χ1) is 16.4. The van der Waals surface area contributed by atoms with Crippen LogP contribution in [-0.2, 0) is 12.8 Å². The first-order valence-corrected chi connectivity index (χ1v) is 11.1. The van der Waals surface area contributed by atoms with E-state index in [0.29, 0.717) is 16.4 Å². The minimum atomic E-state index is -4.43. The van der Waals surface area contributed by atoms with E-state index < -0.39 is 11.7 Å². The van der Waals surface area contributed by atoms with Crippen molar-refractivity contribution in [1.82, 2.24) is 4.98 Å². The molecule has 0 aliphatic rings. The van der Waals surface area contributed by atoms with Gasteiger partial charge in [-0.25, -0.2) is 4.98 Å². The van der Waals surface area contributed by atoms with Crippen molar-refractivity contribution in [2.75, 3.05) is 12.5 Å². The van der Waals surface area contributed by atoms with Gasteiger partial charge >= 0.3 is 6.18 Å². The highest BCUT2D eigenvalue weighted by Crippen LogP contribution is 2.32. The Bertz CT molecular complexity index is 1270. The van der Waals surface area contributed by atoms with E-state index in [9.17, 15) is 13.2 Å². The maximum atomic E-state index is 12.9. The number of halogens is 3. The van der Waals surface area contributed by atoms with Gasteiger partial charge < -0.3 is 9.47 Å². The van der Waals surface area contributed by atoms with Crippen LogP contribution in [0.4, 0.5) is 18.3 Å².